The van der Waals surface area contributed by atoms with Crippen molar-refractivity contribution in [2.75, 3.05) is 13.7 Å². The van der Waals surface area contributed by atoms with Gasteiger partial charge in [-0.1, -0.05) is 6.07 Å². The van der Waals surface area contributed by atoms with Gasteiger partial charge < -0.3 is 19.9 Å². The van der Waals surface area contributed by atoms with E-state index in [2.05, 4.69) is 26.2 Å². The van der Waals surface area contributed by atoms with Gasteiger partial charge in [0.2, 0.25) is 5.88 Å². The number of ether oxygens (including phenoxy) is 2. The van der Waals surface area contributed by atoms with Crippen molar-refractivity contribution in [1.29, 1.82) is 0 Å². The van der Waals surface area contributed by atoms with Crippen molar-refractivity contribution in [1.82, 2.24) is 14.9 Å². The molecule has 196 valence electrons. The Labute approximate surface area is 219 Å². The van der Waals surface area contributed by atoms with Gasteiger partial charge in [0, 0.05) is 37.3 Å². The molecule has 3 rings (SSSR count). The number of rotatable bonds is 10. The molecule has 1 amide bonds. The molecule has 0 bridgehead atoms. The van der Waals surface area contributed by atoms with Crippen LogP contribution in [0.1, 0.15) is 33.7 Å². The number of methoxy groups -OCH3 is 1. The number of aryl methyl sites for hydroxylation is 2. The molecule has 0 unspecified atom stereocenters. The van der Waals surface area contributed by atoms with E-state index in [1.54, 1.807) is 26.0 Å². The van der Waals surface area contributed by atoms with Gasteiger partial charge in [-0.15, -0.1) is 0 Å². The molecule has 1 heterocycles. The molecule has 37 heavy (non-hydrogen) atoms. The van der Waals surface area contributed by atoms with E-state index in [0.717, 1.165) is 12.1 Å². The molecule has 0 fully saturated rings. The molecule has 2 aromatic carbocycles. The first kappa shape index (κ1) is 27.9. The van der Waals surface area contributed by atoms with Crippen molar-refractivity contribution >= 4 is 27.8 Å². The summed E-state index contributed by atoms with van der Waals surface area (Å²) < 4.78 is 38.7. The third-order valence-electron chi connectivity index (χ3n) is 5.51. The summed E-state index contributed by atoms with van der Waals surface area (Å²) in [5, 5.41) is 11.7. The molecule has 0 aliphatic carbocycles. The quantitative estimate of drug-likeness (QED) is 0.376. The summed E-state index contributed by atoms with van der Waals surface area (Å²) in [5.41, 5.74) is 0.904. The molecular weight excluding hydrogens is 556 g/mol. The van der Waals surface area contributed by atoms with Gasteiger partial charge in [-0.3, -0.25) is 14.2 Å². The predicted octanol–water partition coefficient (Wildman–Crippen LogP) is 3.69. The SMILES string of the molecule is CO[C@@H](CCNC(=O)c1ccc(C)c(-n2c(C)nc(OCc3ccc(F)cc3F)c(Br)c2=O)c1)C(=O)O. The lowest BCUT2D eigenvalue weighted by atomic mass is 10.1. The van der Waals surface area contributed by atoms with E-state index in [1.165, 1.54) is 23.8 Å². The molecule has 1 atom stereocenters. The smallest absolute Gasteiger partial charge is 0.332 e. The second kappa shape index (κ2) is 12.1. The molecule has 2 N–H and O–H groups in total. The maximum atomic E-state index is 13.9. The van der Waals surface area contributed by atoms with Crippen LogP contribution in [0.4, 0.5) is 8.78 Å². The number of aromatic nitrogens is 2. The fourth-order valence-electron chi connectivity index (χ4n) is 3.50. The first-order chi connectivity index (χ1) is 17.5. The second-order valence-corrected chi connectivity index (χ2v) is 8.84. The number of halogens is 3. The van der Waals surface area contributed by atoms with Crippen molar-refractivity contribution in [2.45, 2.75) is 33.0 Å². The fraction of sp³-hybridized carbons (Fsp3) is 0.280. The number of nitrogens with one attached hydrogen (secondary N) is 1. The normalized spacial score (nSPS) is 11.7. The van der Waals surface area contributed by atoms with Gasteiger partial charge in [-0.2, -0.15) is 4.98 Å². The average molecular weight is 580 g/mol. The van der Waals surface area contributed by atoms with Crippen LogP contribution in [0.25, 0.3) is 5.69 Å². The largest absolute Gasteiger partial charge is 0.479 e. The first-order valence-corrected chi connectivity index (χ1v) is 11.8. The van der Waals surface area contributed by atoms with Crippen molar-refractivity contribution in [2.24, 2.45) is 0 Å². The molecule has 0 aliphatic rings. The van der Waals surface area contributed by atoms with Crippen LogP contribution in [0.3, 0.4) is 0 Å². The summed E-state index contributed by atoms with van der Waals surface area (Å²) in [6, 6.07) is 7.84. The number of carbonyl (C=O) groups excluding carboxylic acids is 1. The average Bonchev–Trinajstić information content (AvgIpc) is 2.84. The third-order valence-corrected chi connectivity index (χ3v) is 6.19. The van der Waals surface area contributed by atoms with Gasteiger partial charge in [0.05, 0.1) is 5.69 Å². The van der Waals surface area contributed by atoms with Crippen LogP contribution in [0, 0.1) is 25.5 Å². The van der Waals surface area contributed by atoms with Gasteiger partial charge >= 0.3 is 5.97 Å². The number of carboxylic acid groups (broad SMARTS) is 1. The lowest BCUT2D eigenvalue weighted by molar-refractivity contribution is -0.148. The van der Waals surface area contributed by atoms with Gasteiger partial charge in [0.15, 0.2) is 6.10 Å². The van der Waals surface area contributed by atoms with Crippen LogP contribution >= 0.6 is 15.9 Å². The van der Waals surface area contributed by atoms with Gasteiger partial charge in [-0.25, -0.2) is 13.6 Å². The minimum absolute atomic E-state index is 0.0193. The molecule has 3 aromatic rings. The topological polar surface area (TPSA) is 120 Å². The van der Waals surface area contributed by atoms with Gasteiger partial charge in [0.1, 0.15) is 28.5 Å². The highest BCUT2D eigenvalue weighted by atomic mass is 79.9. The van der Waals surface area contributed by atoms with Crippen molar-refractivity contribution in [3.05, 3.63) is 85.4 Å². The van der Waals surface area contributed by atoms with E-state index >= 15 is 0 Å². The van der Waals surface area contributed by atoms with Crippen LogP contribution in [-0.4, -0.2) is 46.3 Å². The lowest BCUT2D eigenvalue weighted by Crippen LogP contribution is -2.31. The lowest BCUT2D eigenvalue weighted by Gasteiger charge is -2.16. The summed E-state index contributed by atoms with van der Waals surface area (Å²) in [6.07, 6.45) is -0.964. The number of aliphatic carboxylic acids is 1. The molecule has 0 saturated carbocycles. The summed E-state index contributed by atoms with van der Waals surface area (Å²) in [4.78, 5) is 41.2. The fourth-order valence-corrected chi connectivity index (χ4v) is 3.88. The van der Waals surface area contributed by atoms with Crippen LogP contribution in [0.15, 0.2) is 45.7 Å². The minimum atomic E-state index is -1.13. The number of hydrogen-bond acceptors (Lipinski definition) is 6. The first-order valence-electron chi connectivity index (χ1n) is 11.0. The minimum Gasteiger partial charge on any atom is -0.479 e. The third kappa shape index (κ3) is 6.57. The molecule has 12 heteroatoms. The summed E-state index contributed by atoms with van der Waals surface area (Å²) in [6.45, 7) is 3.12. The molecule has 0 radical (unpaired) electrons. The van der Waals surface area contributed by atoms with E-state index in [1.807, 2.05) is 0 Å². The van der Waals surface area contributed by atoms with Gasteiger partial charge in [-0.05, 0) is 59.6 Å². The Morgan fingerprint density at radius 3 is 2.57 bits per heavy atom. The van der Waals surface area contributed by atoms with Crippen LogP contribution in [0.5, 0.6) is 5.88 Å². The van der Waals surface area contributed by atoms with Crippen LogP contribution in [-0.2, 0) is 16.1 Å². The molecule has 0 spiro atoms. The highest BCUT2D eigenvalue weighted by Crippen LogP contribution is 2.24. The molecule has 1 aromatic heterocycles. The summed E-state index contributed by atoms with van der Waals surface area (Å²) in [7, 11) is 1.27. The van der Waals surface area contributed by atoms with Crippen LogP contribution < -0.4 is 15.6 Å². The van der Waals surface area contributed by atoms with Gasteiger partial charge in [0.25, 0.3) is 11.5 Å². The van der Waals surface area contributed by atoms with Crippen molar-refractivity contribution < 1.29 is 33.0 Å². The second-order valence-electron chi connectivity index (χ2n) is 8.05. The molecule has 9 nitrogen and oxygen atoms in total. The summed E-state index contributed by atoms with van der Waals surface area (Å²) in [5.74, 6) is -2.91. The number of carbonyl (C=O) groups is 2. The predicted molar refractivity (Wildman–Crippen MR) is 133 cm³/mol. The van der Waals surface area contributed by atoms with Crippen molar-refractivity contribution in [3.8, 4) is 11.6 Å². The Morgan fingerprint density at radius 2 is 1.92 bits per heavy atom. The van der Waals surface area contributed by atoms with E-state index in [4.69, 9.17) is 14.6 Å². The number of nitrogens with zero attached hydrogens (tertiary/aromatic N) is 2. The van der Waals surface area contributed by atoms with E-state index in [9.17, 15) is 23.2 Å². The number of carboxylic acids is 1. The zero-order chi connectivity index (χ0) is 27.3. The summed E-state index contributed by atoms with van der Waals surface area (Å²) >= 11 is 3.19. The maximum Gasteiger partial charge on any atom is 0.332 e. The molecule has 0 saturated heterocycles. The van der Waals surface area contributed by atoms with E-state index in [0.29, 0.717) is 11.3 Å². The molecule has 0 aliphatic heterocycles. The number of hydrogen-bond donors (Lipinski definition) is 2. The standard InChI is InChI=1S/C25H24BrF2N3O6/c1-13-4-5-15(22(32)29-9-8-20(36-3)25(34)35)10-19(13)31-14(2)30-23(21(26)24(31)33)37-12-16-6-7-17(27)11-18(16)28/h4-7,10-11,20H,8-9,12H2,1-3H3,(H,29,32)(H,34,35)/t20-/m0/s1. The number of benzene rings is 2. The highest BCUT2D eigenvalue weighted by molar-refractivity contribution is 9.10. The zero-order valence-corrected chi connectivity index (χ0v) is 21.8. The molecular formula is C25H24BrF2N3O6. The van der Waals surface area contributed by atoms with E-state index < -0.39 is 35.2 Å². The van der Waals surface area contributed by atoms with Crippen molar-refractivity contribution in [3.63, 3.8) is 0 Å². The zero-order valence-electron chi connectivity index (χ0n) is 20.2. The maximum absolute atomic E-state index is 13.9. The van der Waals surface area contributed by atoms with Crippen LogP contribution in [0.2, 0.25) is 0 Å². The highest BCUT2D eigenvalue weighted by Gasteiger charge is 2.19. The Balaban J connectivity index is 1.84. The Kier molecular flexibility index (Phi) is 9.11. The monoisotopic (exact) mass is 579 g/mol. The van der Waals surface area contributed by atoms with E-state index in [-0.39, 0.29) is 46.9 Å². The Morgan fingerprint density at radius 1 is 1.19 bits per heavy atom. The Bertz CT molecular complexity index is 1400. The Hall–Kier alpha value is -3.64. The number of amides is 1.